The lowest BCUT2D eigenvalue weighted by molar-refractivity contribution is -0.137. The van der Waals surface area contributed by atoms with Gasteiger partial charge in [-0.2, -0.15) is 13.2 Å². The molecular formula is C22H19F3N4O5S. The van der Waals surface area contributed by atoms with E-state index in [2.05, 4.69) is 15.6 Å². The zero-order valence-electron chi connectivity index (χ0n) is 18.0. The van der Waals surface area contributed by atoms with Gasteiger partial charge in [0.2, 0.25) is 10.0 Å². The second-order valence-electron chi connectivity index (χ2n) is 8.82. The van der Waals surface area contributed by atoms with E-state index < -0.39 is 49.8 Å². The number of nitrogens with zero attached hydrogens (tertiary/aromatic N) is 1. The minimum atomic E-state index is -4.94. The van der Waals surface area contributed by atoms with Crippen LogP contribution < -0.4 is 15.8 Å². The summed E-state index contributed by atoms with van der Waals surface area (Å²) in [5, 5.41) is 10.6. The SMILES string of the molecule is NS(=O)(=O)c1cc(C(F)(F)F)c(-c2cc3ccccc3o2)nc1CC1CCC2(C1)NC(=O)NC2=O. The van der Waals surface area contributed by atoms with Crippen molar-refractivity contribution in [2.24, 2.45) is 11.1 Å². The quantitative estimate of drug-likeness (QED) is 0.462. The molecule has 35 heavy (non-hydrogen) atoms. The summed E-state index contributed by atoms with van der Waals surface area (Å²) in [6.07, 6.45) is -4.11. The van der Waals surface area contributed by atoms with Crippen LogP contribution in [0.5, 0.6) is 0 Å². The van der Waals surface area contributed by atoms with Gasteiger partial charge in [-0.05, 0) is 49.8 Å². The molecule has 3 aromatic rings. The number of alkyl halides is 3. The van der Waals surface area contributed by atoms with Gasteiger partial charge in [0.05, 0.1) is 11.3 Å². The summed E-state index contributed by atoms with van der Waals surface area (Å²) in [6, 6.07) is 7.87. The predicted molar refractivity (Wildman–Crippen MR) is 116 cm³/mol. The summed E-state index contributed by atoms with van der Waals surface area (Å²) < 4.78 is 72.0. The number of rotatable bonds is 4. The van der Waals surface area contributed by atoms with E-state index in [1.54, 1.807) is 24.3 Å². The molecule has 2 aliphatic rings. The van der Waals surface area contributed by atoms with Crippen LogP contribution >= 0.6 is 0 Å². The second-order valence-corrected chi connectivity index (χ2v) is 10.4. The molecule has 1 saturated heterocycles. The van der Waals surface area contributed by atoms with Crippen molar-refractivity contribution in [1.82, 2.24) is 15.6 Å². The summed E-state index contributed by atoms with van der Waals surface area (Å²) in [4.78, 5) is 27.2. The average molecular weight is 508 g/mol. The van der Waals surface area contributed by atoms with Crippen LogP contribution in [0.25, 0.3) is 22.4 Å². The molecule has 13 heteroatoms. The Balaban J connectivity index is 1.61. The number of hydrogen-bond acceptors (Lipinski definition) is 6. The summed E-state index contributed by atoms with van der Waals surface area (Å²) in [5.74, 6) is -1.00. The van der Waals surface area contributed by atoms with E-state index in [0.717, 1.165) is 0 Å². The Hall–Kier alpha value is -3.45. The smallest absolute Gasteiger partial charge is 0.418 e. The molecular weight excluding hydrogens is 489 g/mol. The molecule has 1 aliphatic heterocycles. The van der Waals surface area contributed by atoms with Gasteiger partial charge in [-0.3, -0.25) is 10.1 Å². The number of benzene rings is 1. The van der Waals surface area contributed by atoms with Gasteiger partial charge < -0.3 is 9.73 Å². The fourth-order valence-corrected chi connectivity index (χ4v) is 5.61. The summed E-state index contributed by atoms with van der Waals surface area (Å²) >= 11 is 0. The van der Waals surface area contributed by atoms with Gasteiger partial charge in [0.15, 0.2) is 5.76 Å². The highest BCUT2D eigenvalue weighted by Crippen LogP contribution is 2.42. The largest absolute Gasteiger partial charge is 0.454 e. The lowest BCUT2D eigenvalue weighted by Crippen LogP contribution is -2.44. The number of furan rings is 1. The molecule has 4 N–H and O–H groups in total. The van der Waals surface area contributed by atoms with Crippen LogP contribution in [0.2, 0.25) is 0 Å². The Morgan fingerprint density at radius 2 is 1.94 bits per heavy atom. The predicted octanol–water partition coefficient (Wildman–Crippen LogP) is 3.08. The van der Waals surface area contributed by atoms with E-state index in [1.165, 1.54) is 6.07 Å². The van der Waals surface area contributed by atoms with Gasteiger partial charge in [-0.1, -0.05) is 18.2 Å². The number of primary sulfonamides is 1. The summed E-state index contributed by atoms with van der Waals surface area (Å²) in [5.41, 5.74) is -2.81. The van der Waals surface area contributed by atoms with Gasteiger partial charge in [0.25, 0.3) is 5.91 Å². The fourth-order valence-electron chi connectivity index (χ4n) is 4.87. The molecule has 1 aromatic carbocycles. The lowest BCUT2D eigenvalue weighted by atomic mass is 9.94. The first kappa shape index (κ1) is 23.3. The third-order valence-corrected chi connectivity index (χ3v) is 7.41. The van der Waals surface area contributed by atoms with Gasteiger partial charge in [-0.25, -0.2) is 23.3 Å². The minimum absolute atomic E-state index is 0.0674. The van der Waals surface area contributed by atoms with Gasteiger partial charge in [0, 0.05) is 5.39 Å². The Bertz CT molecular complexity index is 1450. The highest BCUT2D eigenvalue weighted by atomic mass is 32.2. The fraction of sp³-hybridized carbons (Fsp3) is 0.318. The van der Waals surface area contributed by atoms with E-state index in [-0.39, 0.29) is 30.2 Å². The van der Waals surface area contributed by atoms with Crippen molar-refractivity contribution in [2.45, 2.75) is 42.3 Å². The molecule has 2 aromatic heterocycles. The highest BCUT2D eigenvalue weighted by Gasteiger charge is 2.51. The Morgan fingerprint density at radius 3 is 2.57 bits per heavy atom. The number of amides is 3. The molecule has 2 unspecified atom stereocenters. The van der Waals surface area contributed by atoms with E-state index in [4.69, 9.17) is 9.56 Å². The average Bonchev–Trinajstić information content (AvgIpc) is 3.43. The molecule has 2 fully saturated rings. The number of halogens is 3. The molecule has 3 heterocycles. The normalized spacial score (nSPS) is 22.7. The third-order valence-electron chi connectivity index (χ3n) is 6.45. The molecule has 0 bridgehead atoms. The number of nitrogens with two attached hydrogens (primary N) is 1. The number of carbonyl (C=O) groups is 2. The molecule has 184 valence electrons. The Morgan fingerprint density at radius 1 is 1.20 bits per heavy atom. The van der Waals surface area contributed by atoms with E-state index >= 15 is 0 Å². The van der Waals surface area contributed by atoms with Crippen molar-refractivity contribution in [3.8, 4) is 11.5 Å². The Kier molecular flexibility index (Phi) is 5.18. The number of carbonyl (C=O) groups excluding carboxylic acids is 2. The first-order valence-electron chi connectivity index (χ1n) is 10.6. The van der Waals surface area contributed by atoms with Crippen LogP contribution in [0.15, 0.2) is 45.7 Å². The molecule has 2 atom stereocenters. The number of pyridine rings is 1. The van der Waals surface area contributed by atoms with Crippen molar-refractivity contribution in [1.29, 1.82) is 0 Å². The minimum Gasteiger partial charge on any atom is -0.454 e. The van der Waals surface area contributed by atoms with Crippen molar-refractivity contribution in [2.75, 3.05) is 0 Å². The number of sulfonamides is 1. The maximum atomic E-state index is 14.0. The van der Waals surface area contributed by atoms with Crippen LogP contribution in [-0.2, 0) is 27.4 Å². The zero-order valence-corrected chi connectivity index (χ0v) is 18.8. The molecule has 1 saturated carbocycles. The number of imide groups is 1. The number of urea groups is 1. The Labute approximate surface area is 196 Å². The molecule has 1 aliphatic carbocycles. The maximum Gasteiger partial charge on any atom is 0.418 e. The van der Waals surface area contributed by atoms with Crippen molar-refractivity contribution < 1.29 is 35.6 Å². The van der Waals surface area contributed by atoms with Gasteiger partial charge >= 0.3 is 12.2 Å². The first-order valence-corrected chi connectivity index (χ1v) is 12.2. The number of para-hydroxylation sites is 1. The van der Waals surface area contributed by atoms with E-state index in [0.29, 0.717) is 29.9 Å². The number of fused-ring (bicyclic) bond motifs is 1. The number of aromatic nitrogens is 1. The number of hydrogen-bond donors (Lipinski definition) is 3. The highest BCUT2D eigenvalue weighted by molar-refractivity contribution is 7.89. The van der Waals surface area contributed by atoms with Crippen LogP contribution in [-0.4, -0.2) is 30.9 Å². The van der Waals surface area contributed by atoms with Gasteiger partial charge in [-0.15, -0.1) is 0 Å². The molecule has 5 rings (SSSR count). The van der Waals surface area contributed by atoms with E-state index in [1.807, 2.05) is 0 Å². The second kappa shape index (κ2) is 7.78. The molecule has 9 nitrogen and oxygen atoms in total. The summed E-state index contributed by atoms with van der Waals surface area (Å²) in [6.45, 7) is 0. The maximum absolute atomic E-state index is 14.0. The molecule has 3 amide bonds. The van der Waals surface area contributed by atoms with Gasteiger partial charge in [0.1, 0.15) is 21.7 Å². The monoisotopic (exact) mass is 508 g/mol. The van der Waals surface area contributed by atoms with Crippen LogP contribution in [0, 0.1) is 5.92 Å². The lowest BCUT2D eigenvalue weighted by Gasteiger charge is -2.20. The van der Waals surface area contributed by atoms with E-state index in [9.17, 15) is 31.2 Å². The molecule has 1 spiro atoms. The van der Waals surface area contributed by atoms with Crippen molar-refractivity contribution >= 4 is 32.9 Å². The molecule has 0 radical (unpaired) electrons. The van der Waals surface area contributed by atoms with Crippen LogP contribution in [0.4, 0.5) is 18.0 Å². The topological polar surface area (TPSA) is 144 Å². The zero-order chi connectivity index (χ0) is 25.2. The third kappa shape index (κ3) is 4.14. The number of nitrogens with one attached hydrogen (secondary N) is 2. The van der Waals surface area contributed by atoms with Crippen molar-refractivity contribution in [3.63, 3.8) is 0 Å². The first-order chi connectivity index (χ1) is 16.4. The van der Waals surface area contributed by atoms with Crippen LogP contribution in [0.3, 0.4) is 0 Å². The summed E-state index contributed by atoms with van der Waals surface area (Å²) in [7, 11) is -4.57. The van der Waals surface area contributed by atoms with Crippen molar-refractivity contribution in [3.05, 3.63) is 47.7 Å². The standard InChI is InChI=1S/C22H19F3N4O5S/c23-22(24,25)13-9-17(35(26,32)33)14(7-11-5-6-21(10-11)19(30)28-20(31)29-21)27-18(13)16-8-12-3-1-2-4-15(12)34-16/h1-4,8-9,11H,5-7,10H2,(H2,26,32,33)(H2,28,29,30,31). The van der Waals surface area contributed by atoms with Crippen LogP contribution in [0.1, 0.15) is 30.5 Å².